The number of morpholine rings is 1. The normalized spacial score (nSPS) is 31.8. The highest BCUT2D eigenvalue weighted by Crippen LogP contribution is 2.39. The monoisotopic (exact) mass is 254 g/mol. The van der Waals surface area contributed by atoms with Gasteiger partial charge in [0, 0.05) is 39.4 Å². The molecule has 18 heavy (non-hydrogen) atoms. The highest BCUT2D eigenvalue weighted by molar-refractivity contribution is 5.81. The number of amides is 1. The van der Waals surface area contributed by atoms with Crippen molar-refractivity contribution >= 4 is 5.91 Å². The first kappa shape index (κ1) is 12.4. The Labute approximate surface area is 108 Å². The van der Waals surface area contributed by atoms with Crippen LogP contribution in [-0.2, 0) is 14.3 Å². The van der Waals surface area contributed by atoms with E-state index >= 15 is 0 Å². The van der Waals surface area contributed by atoms with E-state index in [1.54, 1.807) is 0 Å². The lowest BCUT2D eigenvalue weighted by molar-refractivity contribution is -0.144. The molecule has 3 saturated heterocycles. The number of carbonyl (C=O) groups is 1. The molecule has 3 aliphatic rings. The second-order valence-corrected chi connectivity index (χ2v) is 5.69. The summed E-state index contributed by atoms with van der Waals surface area (Å²) in [6, 6.07) is 0. The van der Waals surface area contributed by atoms with E-state index in [1.807, 2.05) is 4.90 Å². The molecule has 3 aliphatic heterocycles. The van der Waals surface area contributed by atoms with Crippen molar-refractivity contribution in [3.8, 4) is 0 Å². The molecule has 0 radical (unpaired) electrons. The quantitative estimate of drug-likeness (QED) is 0.716. The highest BCUT2D eigenvalue weighted by Gasteiger charge is 2.42. The molecule has 0 aromatic carbocycles. The van der Waals surface area contributed by atoms with Crippen LogP contribution in [0.3, 0.4) is 0 Å². The number of nitrogens with zero attached hydrogens (tertiary/aromatic N) is 1. The summed E-state index contributed by atoms with van der Waals surface area (Å²) in [6.07, 6.45) is 3.05. The highest BCUT2D eigenvalue weighted by atomic mass is 16.5. The van der Waals surface area contributed by atoms with E-state index < -0.39 is 0 Å². The van der Waals surface area contributed by atoms with Crippen molar-refractivity contribution in [1.82, 2.24) is 10.2 Å². The minimum atomic E-state index is -0.270. The number of rotatable bonds is 1. The molecule has 0 saturated carbocycles. The number of hydrogen-bond donors (Lipinski definition) is 1. The van der Waals surface area contributed by atoms with E-state index in [0.717, 1.165) is 52.1 Å². The average Bonchev–Trinajstić information content (AvgIpc) is 2.83. The van der Waals surface area contributed by atoms with Crippen LogP contribution in [0, 0.1) is 5.41 Å². The molecule has 0 bridgehead atoms. The molecule has 1 amide bonds. The predicted octanol–water partition coefficient (Wildman–Crippen LogP) is 0.00390. The molecule has 0 aromatic rings. The maximum absolute atomic E-state index is 12.4. The first-order valence-corrected chi connectivity index (χ1v) is 6.98. The van der Waals surface area contributed by atoms with E-state index in [1.165, 1.54) is 0 Å². The van der Waals surface area contributed by atoms with Crippen LogP contribution in [-0.4, -0.2) is 62.9 Å². The van der Waals surface area contributed by atoms with Gasteiger partial charge in [0.05, 0.1) is 6.61 Å². The molecule has 1 unspecified atom stereocenters. The van der Waals surface area contributed by atoms with Crippen LogP contribution in [0.1, 0.15) is 19.3 Å². The summed E-state index contributed by atoms with van der Waals surface area (Å²) in [5.41, 5.74) is 0.329. The van der Waals surface area contributed by atoms with Crippen LogP contribution in [0.4, 0.5) is 0 Å². The Morgan fingerprint density at radius 1 is 1.22 bits per heavy atom. The van der Waals surface area contributed by atoms with Gasteiger partial charge in [0.25, 0.3) is 5.91 Å². The van der Waals surface area contributed by atoms with Crippen LogP contribution in [0.2, 0.25) is 0 Å². The van der Waals surface area contributed by atoms with Crippen molar-refractivity contribution in [3.63, 3.8) is 0 Å². The van der Waals surface area contributed by atoms with Gasteiger partial charge in [0.15, 0.2) is 0 Å². The van der Waals surface area contributed by atoms with Gasteiger partial charge in [-0.1, -0.05) is 0 Å². The van der Waals surface area contributed by atoms with E-state index in [0.29, 0.717) is 18.6 Å². The number of nitrogens with one attached hydrogen (secondary N) is 1. The summed E-state index contributed by atoms with van der Waals surface area (Å²) in [7, 11) is 0. The zero-order valence-corrected chi connectivity index (χ0v) is 10.8. The van der Waals surface area contributed by atoms with Gasteiger partial charge in [-0.15, -0.1) is 0 Å². The SMILES string of the molecule is O=C(C1CNCCO1)N1CCC2(CCOCC2)C1. The predicted molar refractivity (Wildman–Crippen MR) is 66.3 cm³/mol. The van der Waals surface area contributed by atoms with Gasteiger partial charge >= 0.3 is 0 Å². The molecule has 3 rings (SSSR count). The molecule has 0 aliphatic carbocycles. The molecule has 102 valence electrons. The minimum Gasteiger partial charge on any atom is -0.381 e. The number of ether oxygens (including phenoxy) is 2. The summed E-state index contributed by atoms with van der Waals surface area (Å²) in [4.78, 5) is 14.4. The Morgan fingerprint density at radius 2 is 2.06 bits per heavy atom. The van der Waals surface area contributed by atoms with Gasteiger partial charge in [0.2, 0.25) is 0 Å². The van der Waals surface area contributed by atoms with Crippen molar-refractivity contribution in [2.75, 3.05) is 46.0 Å². The summed E-state index contributed by atoms with van der Waals surface area (Å²) in [5.74, 6) is 0.172. The molecule has 3 fully saturated rings. The Morgan fingerprint density at radius 3 is 2.78 bits per heavy atom. The van der Waals surface area contributed by atoms with Crippen molar-refractivity contribution < 1.29 is 14.3 Å². The van der Waals surface area contributed by atoms with Crippen molar-refractivity contribution in [2.24, 2.45) is 5.41 Å². The third-order valence-corrected chi connectivity index (χ3v) is 4.51. The number of likely N-dealkylation sites (tertiary alicyclic amines) is 1. The fourth-order valence-corrected chi connectivity index (χ4v) is 3.26. The first-order chi connectivity index (χ1) is 8.79. The summed E-state index contributed by atoms with van der Waals surface area (Å²) in [6.45, 7) is 5.64. The van der Waals surface area contributed by atoms with Crippen molar-refractivity contribution in [1.29, 1.82) is 0 Å². The maximum Gasteiger partial charge on any atom is 0.253 e. The van der Waals surface area contributed by atoms with E-state index in [-0.39, 0.29) is 12.0 Å². The zero-order chi connectivity index (χ0) is 12.4. The topological polar surface area (TPSA) is 50.8 Å². The second kappa shape index (κ2) is 5.15. The fourth-order valence-electron chi connectivity index (χ4n) is 3.26. The lowest BCUT2D eigenvalue weighted by atomic mass is 9.80. The molecular weight excluding hydrogens is 232 g/mol. The third kappa shape index (κ3) is 2.39. The lowest BCUT2D eigenvalue weighted by Gasteiger charge is -2.34. The van der Waals surface area contributed by atoms with Crippen LogP contribution >= 0.6 is 0 Å². The van der Waals surface area contributed by atoms with Gasteiger partial charge in [-0.25, -0.2) is 0 Å². The summed E-state index contributed by atoms with van der Waals surface area (Å²) < 4.78 is 11.0. The van der Waals surface area contributed by atoms with Crippen molar-refractivity contribution in [2.45, 2.75) is 25.4 Å². The number of hydrogen-bond acceptors (Lipinski definition) is 4. The van der Waals surface area contributed by atoms with Crippen LogP contribution < -0.4 is 5.32 Å². The van der Waals surface area contributed by atoms with Crippen LogP contribution in [0.25, 0.3) is 0 Å². The Hall–Kier alpha value is -0.650. The Balaban J connectivity index is 1.59. The van der Waals surface area contributed by atoms with Crippen molar-refractivity contribution in [3.05, 3.63) is 0 Å². The smallest absolute Gasteiger partial charge is 0.253 e. The van der Waals surface area contributed by atoms with Crippen LogP contribution in [0.5, 0.6) is 0 Å². The van der Waals surface area contributed by atoms with E-state index in [9.17, 15) is 4.79 Å². The standard InChI is InChI=1S/C13H22N2O3/c16-12(11-9-14-4-8-18-11)15-5-1-13(10-15)2-6-17-7-3-13/h11,14H,1-10H2. The molecule has 1 atom stereocenters. The largest absolute Gasteiger partial charge is 0.381 e. The molecule has 5 nitrogen and oxygen atoms in total. The first-order valence-electron chi connectivity index (χ1n) is 6.98. The molecule has 5 heteroatoms. The third-order valence-electron chi connectivity index (χ3n) is 4.51. The van der Waals surface area contributed by atoms with E-state index in [2.05, 4.69) is 5.32 Å². The zero-order valence-electron chi connectivity index (χ0n) is 10.8. The Bertz CT molecular complexity index is 309. The minimum absolute atomic E-state index is 0.172. The number of carbonyl (C=O) groups excluding carboxylic acids is 1. The van der Waals surface area contributed by atoms with Gasteiger partial charge in [-0.05, 0) is 24.7 Å². The van der Waals surface area contributed by atoms with Gasteiger partial charge in [-0.3, -0.25) is 4.79 Å². The molecule has 1 spiro atoms. The maximum atomic E-state index is 12.4. The van der Waals surface area contributed by atoms with Gasteiger partial charge in [-0.2, -0.15) is 0 Å². The molecule has 3 heterocycles. The summed E-state index contributed by atoms with van der Waals surface area (Å²) in [5, 5.41) is 3.22. The molecule has 0 aromatic heterocycles. The van der Waals surface area contributed by atoms with E-state index in [4.69, 9.17) is 9.47 Å². The molecule has 1 N–H and O–H groups in total. The Kier molecular flexibility index (Phi) is 3.54. The second-order valence-electron chi connectivity index (χ2n) is 5.69. The average molecular weight is 254 g/mol. The fraction of sp³-hybridized carbons (Fsp3) is 0.923. The van der Waals surface area contributed by atoms with Gasteiger partial charge < -0.3 is 19.7 Å². The van der Waals surface area contributed by atoms with Crippen LogP contribution in [0.15, 0.2) is 0 Å². The molecular formula is C13H22N2O3. The lowest BCUT2D eigenvalue weighted by Crippen LogP contribution is -2.49. The summed E-state index contributed by atoms with van der Waals surface area (Å²) >= 11 is 0. The van der Waals surface area contributed by atoms with Gasteiger partial charge in [0.1, 0.15) is 6.10 Å².